The molecule has 1 atom stereocenters. The highest BCUT2D eigenvalue weighted by Crippen LogP contribution is 2.33. The molecule has 7 heteroatoms. The second-order valence-corrected chi connectivity index (χ2v) is 7.59. The van der Waals surface area contributed by atoms with Gasteiger partial charge in [0.15, 0.2) is 0 Å². The van der Waals surface area contributed by atoms with Gasteiger partial charge in [-0.1, -0.05) is 47.1 Å². The predicted octanol–water partition coefficient (Wildman–Crippen LogP) is 3.94. The number of hydrogen-bond donors (Lipinski definition) is 1. The molecule has 5 rings (SSSR count). The van der Waals surface area contributed by atoms with Crippen molar-refractivity contribution in [3.8, 4) is 17.5 Å². The van der Waals surface area contributed by atoms with Crippen LogP contribution in [0.5, 0.6) is 0 Å². The molecule has 1 N–H and O–H groups in total. The minimum Gasteiger partial charge on any atom is -0.347 e. The van der Waals surface area contributed by atoms with Crippen molar-refractivity contribution in [1.82, 2.24) is 25.0 Å². The van der Waals surface area contributed by atoms with Gasteiger partial charge < -0.3 is 9.51 Å². The van der Waals surface area contributed by atoms with Gasteiger partial charge >= 0.3 is 0 Å². The average Bonchev–Trinajstić information content (AvgIpc) is 3.43. The van der Waals surface area contributed by atoms with Crippen LogP contribution in [0.1, 0.15) is 40.0 Å². The second-order valence-electron chi connectivity index (χ2n) is 7.59. The number of hydrogen-bond acceptors (Lipinski definition) is 6. The molecule has 2 aromatic carbocycles. The number of imidazole rings is 1. The molecule has 0 amide bonds. The Morgan fingerprint density at radius 1 is 1.23 bits per heavy atom. The lowest BCUT2D eigenvalue weighted by Crippen LogP contribution is -2.34. The normalized spacial score (nSPS) is 16.2. The van der Waals surface area contributed by atoms with Crippen molar-refractivity contribution in [2.45, 2.75) is 32.5 Å². The highest BCUT2D eigenvalue weighted by molar-refractivity contribution is 5.54. The van der Waals surface area contributed by atoms with E-state index in [9.17, 15) is 5.26 Å². The first-order chi connectivity index (χ1) is 14.7. The molecular formula is C23H20N6O. The highest BCUT2D eigenvalue weighted by Gasteiger charge is 2.33. The third-order valence-electron chi connectivity index (χ3n) is 5.47. The van der Waals surface area contributed by atoms with Gasteiger partial charge in [-0.25, -0.2) is 4.98 Å². The van der Waals surface area contributed by atoms with E-state index in [1.165, 1.54) is 5.56 Å². The minimum absolute atomic E-state index is 0.0850. The zero-order valence-electron chi connectivity index (χ0n) is 16.5. The van der Waals surface area contributed by atoms with E-state index in [-0.39, 0.29) is 6.04 Å². The van der Waals surface area contributed by atoms with Gasteiger partial charge in [-0.2, -0.15) is 10.2 Å². The molecule has 0 aliphatic carbocycles. The smallest absolute Gasteiger partial charge is 0.244 e. The number of aryl methyl sites for hydroxylation is 1. The van der Waals surface area contributed by atoms with Crippen LogP contribution < -0.4 is 0 Å². The largest absolute Gasteiger partial charge is 0.347 e. The summed E-state index contributed by atoms with van der Waals surface area (Å²) in [7, 11) is 0. The summed E-state index contributed by atoms with van der Waals surface area (Å²) in [6.45, 7) is 3.41. The number of benzene rings is 2. The van der Waals surface area contributed by atoms with Crippen molar-refractivity contribution in [2.24, 2.45) is 0 Å². The van der Waals surface area contributed by atoms with Gasteiger partial charge in [0.2, 0.25) is 11.7 Å². The Morgan fingerprint density at radius 2 is 2.10 bits per heavy atom. The Hall–Kier alpha value is -3.76. The van der Waals surface area contributed by atoms with Gasteiger partial charge in [0, 0.05) is 25.1 Å². The van der Waals surface area contributed by atoms with Crippen molar-refractivity contribution < 1.29 is 4.52 Å². The van der Waals surface area contributed by atoms with E-state index >= 15 is 0 Å². The highest BCUT2D eigenvalue weighted by atomic mass is 16.5. The molecular weight excluding hydrogens is 376 g/mol. The molecule has 4 aromatic rings. The van der Waals surface area contributed by atoms with Crippen LogP contribution in [0.15, 0.2) is 59.4 Å². The first-order valence-electron chi connectivity index (χ1n) is 9.84. The van der Waals surface area contributed by atoms with E-state index in [2.05, 4.69) is 26.1 Å². The van der Waals surface area contributed by atoms with Crippen molar-refractivity contribution in [3.63, 3.8) is 0 Å². The summed E-state index contributed by atoms with van der Waals surface area (Å²) in [5.41, 5.74) is 5.97. The standard InChI is InChI=1S/C23H20N6O/c1-15-5-7-18(8-6-15)22-27-23(30-28-22)21-10-19-20(26-14-25-19)13-29(21)12-17-4-2-3-16(9-17)11-24/h2-9,14,21H,10,12-13H2,1H3,(H,25,26)/t21-/m0/s1. The quantitative estimate of drug-likeness (QED) is 0.561. The lowest BCUT2D eigenvalue weighted by Gasteiger charge is -2.32. The van der Waals surface area contributed by atoms with Crippen LogP contribution in [0, 0.1) is 18.3 Å². The first kappa shape index (κ1) is 18.3. The number of aromatic amines is 1. The summed E-state index contributed by atoms with van der Waals surface area (Å²) in [5, 5.41) is 13.4. The number of fused-ring (bicyclic) bond motifs is 1. The molecule has 7 nitrogen and oxygen atoms in total. The zero-order valence-corrected chi connectivity index (χ0v) is 16.5. The van der Waals surface area contributed by atoms with E-state index in [1.807, 2.05) is 55.5 Å². The van der Waals surface area contributed by atoms with Crippen LogP contribution in [0.25, 0.3) is 11.4 Å². The Bertz CT molecular complexity index is 1220. The summed E-state index contributed by atoms with van der Waals surface area (Å²) in [4.78, 5) is 14.7. The number of rotatable bonds is 4. The van der Waals surface area contributed by atoms with Crippen LogP contribution >= 0.6 is 0 Å². The number of aromatic nitrogens is 4. The fourth-order valence-corrected chi connectivity index (χ4v) is 3.86. The lowest BCUT2D eigenvalue weighted by molar-refractivity contribution is 0.128. The average molecular weight is 396 g/mol. The van der Waals surface area contributed by atoms with Gasteiger partial charge in [-0.15, -0.1) is 0 Å². The number of H-pyrrole nitrogens is 1. The molecule has 0 fully saturated rings. The van der Waals surface area contributed by atoms with E-state index in [0.29, 0.717) is 36.8 Å². The molecule has 0 radical (unpaired) electrons. The summed E-state index contributed by atoms with van der Waals surface area (Å²) in [5.74, 6) is 1.17. The first-order valence-corrected chi connectivity index (χ1v) is 9.84. The maximum atomic E-state index is 9.22. The molecule has 0 saturated carbocycles. The van der Waals surface area contributed by atoms with Crippen LogP contribution in [0.2, 0.25) is 0 Å². The maximum Gasteiger partial charge on any atom is 0.244 e. The Labute approximate surface area is 174 Å². The van der Waals surface area contributed by atoms with Gasteiger partial charge in [-0.3, -0.25) is 4.90 Å². The van der Waals surface area contributed by atoms with Crippen LogP contribution in [-0.4, -0.2) is 25.0 Å². The van der Waals surface area contributed by atoms with E-state index < -0.39 is 0 Å². The number of nitrogens with zero attached hydrogens (tertiary/aromatic N) is 5. The molecule has 0 unspecified atom stereocenters. The lowest BCUT2D eigenvalue weighted by atomic mass is 10.0. The van der Waals surface area contributed by atoms with Crippen LogP contribution in [0.4, 0.5) is 0 Å². The predicted molar refractivity (Wildman–Crippen MR) is 110 cm³/mol. The van der Waals surface area contributed by atoms with E-state index in [4.69, 9.17) is 9.51 Å². The zero-order chi connectivity index (χ0) is 20.5. The fourth-order valence-electron chi connectivity index (χ4n) is 3.86. The molecule has 30 heavy (non-hydrogen) atoms. The van der Waals surface area contributed by atoms with Crippen molar-refractivity contribution in [2.75, 3.05) is 0 Å². The van der Waals surface area contributed by atoms with Crippen molar-refractivity contribution in [1.29, 1.82) is 5.26 Å². The van der Waals surface area contributed by atoms with Gasteiger partial charge in [0.25, 0.3) is 0 Å². The summed E-state index contributed by atoms with van der Waals surface area (Å²) >= 11 is 0. The fraction of sp³-hybridized carbons (Fsp3) is 0.217. The molecule has 148 valence electrons. The van der Waals surface area contributed by atoms with Gasteiger partial charge in [-0.05, 0) is 24.6 Å². The monoisotopic (exact) mass is 396 g/mol. The maximum absolute atomic E-state index is 9.22. The second kappa shape index (κ2) is 7.58. The van der Waals surface area contributed by atoms with Crippen molar-refractivity contribution in [3.05, 3.63) is 88.8 Å². The summed E-state index contributed by atoms with van der Waals surface area (Å²) in [6, 6.07) is 17.9. The van der Waals surface area contributed by atoms with E-state index in [1.54, 1.807) is 6.33 Å². The molecule has 0 bridgehead atoms. The third kappa shape index (κ3) is 3.49. The Kier molecular flexibility index (Phi) is 4.62. The van der Waals surface area contributed by atoms with Gasteiger partial charge in [0.05, 0.1) is 35.4 Å². The molecule has 3 heterocycles. The molecule has 0 spiro atoms. The summed E-state index contributed by atoms with van der Waals surface area (Å²) in [6.07, 6.45) is 2.42. The Morgan fingerprint density at radius 3 is 2.93 bits per heavy atom. The molecule has 0 saturated heterocycles. The van der Waals surface area contributed by atoms with E-state index in [0.717, 1.165) is 22.5 Å². The molecule has 1 aliphatic rings. The van der Waals surface area contributed by atoms with Crippen LogP contribution in [-0.2, 0) is 19.5 Å². The molecule has 2 aromatic heterocycles. The topological polar surface area (TPSA) is 94.6 Å². The van der Waals surface area contributed by atoms with Crippen molar-refractivity contribution >= 4 is 0 Å². The Balaban J connectivity index is 1.46. The SMILES string of the molecule is Cc1ccc(-c2noc([C@@H]3Cc4nc[nH]c4CN3Cc3cccc(C#N)c3)n2)cc1. The molecule has 1 aliphatic heterocycles. The number of nitriles is 1. The van der Waals surface area contributed by atoms with Crippen LogP contribution in [0.3, 0.4) is 0 Å². The summed E-state index contributed by atoms with van der Waals surface area (Å²) < 4.78 is 5.70. The minimum atomic E-state index is -0.0850. The number of nitrogens with one attached hydrogen (secondary N) is 1. The third-order valence-corrected chi connectivity index (χ3v) is 5.47. The van der Waals surface area contributed by atoms with Gasteiger partial charge in [0.1, 0.15) is 0 Å².